The lowest BCUT2D eigenvalue weighted by Crippen LogP contribution is -2.25. The van der Waals surface area contributed by atoms with E-state index in [1.54, 1.807) is 4.57 Å². The lowest BCUT2D eigenvalue weighted by Gasteiger charge is -2.09. The molecule has 0 spiro atoms. The standard InChI is InChI=1S/C24H23N7O/c1-3-5-11-22-27-31(16-6-4-2)24(32)30(22)17-18-12-14-19(15-13-18)20-9-7-8-10-21(20)23-25-28-29-26-23/h1,4,6-10,12-15H,5,11,16-17H2,2H3,(H,25,26,28,29)/b6-4+. The summed E-state index contributed by atoms with van der Waals surface area (Å²) in [4.78, 5) is 12.9. The molecular formula is C24H23N7O. The fourth-order valence-electron chi connectivity index (χ4n) is 3.52. The Labute approximate surface area is 185 Å². The summed E-state index contributed by atoms with van der Waals surface area (Å²) in [5, 5.41) is 18.8. The maximum Gasteiger partial charge on any atom is 0.346 e. The summed E-state index contributed by atoms with van der Waals surface area (Å²) in [5.74, 6) is 3.87. The molecule has 0 fully saturated rings. The minimum absolute atomic E-state index is 0.137. The summed E-state index contributed by atoms with van der Waals surface area (Å²) in [5.41, 5.74) is 3.79. The molecule has 0 aliphatic carbocycles. The number of tetrazole rings is 1. The first kappa shape index (κ1) is 21.0. The third-order valence-electron chi connectivity index (χ3n) is 5.13. The number of aromatic nitrogens is 7. The lowest BCUT2D eigenvalue weighted by molar-refractivity contribution is 0.647. The average Bonchev–Trinajstić information content (AvgIpc) is 3.46. The molecule has 0 unspecified atom stereocenters. The molecule has 2 aromatic carbocycles. The molecule has 32 heavy (non-hydrogen) atoms. The predicted octanol–water partition coefficient (Wildman–Crippen LogP) is 3.08. The second-order valence-corrected chi connectivity index (χ2v) is 7.22. The molecular weight excluding hydrogens is 402 g/mol. The molecule has 8 heteroatoms. The molecule has 0 saturated heterocycles. The van der Waals surface area contributed by atoms with Gasteiger partial charge >= 0.3 is 5.69 Å². The topological polar surface area (TPSA) is 94.3 Å². The van der Waals surface area contributed by atoms with Gasteiger partial charge in [0, 0.05) is 18.4 Å². The van der Waals surface area contributed by atoms with Crippen molar-refractivity contribution in [1.82, 2.24) is 35.0 Å². The van der Waals surface area contributed by atoms with Gasteiger partial charge in [-0.3, -0.25) is 4.57 Å². The van der Waals surface area contributed by atoms with Crippen LogP contribution in [0.15, 0.2) is 65.5 Å². The second kappa shape index (κ2) is 9.71. The van der Waals surface area contributed by atoms with E-state index >= 15 is 0 Å². The molecule has 8 nitrogen and oxygen atoms in total. The molecule has 0 aliphatic heterocycles. The molecule has 0 saturated carbocycles. The average molecular weight is 425 g/mol. The normalized spacial score (nSPS) is 11.1. The number of nitrogens with one attached hydrogen (secondary N) is 1. The summed E-state index contributed by atoms with van der Waals surface area (Å²) in [6, 6.07) is 16.0. The summed E-state index contributed by atoms with van der Waals surface area (Å²) in [6.45, 7) is 2.79. The van der Waals surface area contributed by atoms with Crippen molar-refractivity contribution in [3.8, 4) is 34.9 Å². The summed E-state index contributed by atoms with van der Waals surface area (Å²) >= 11 is 0. The maximum atomic E-state index is 12.9. The van der Waals surface area contributed by atoms with Gasteiger partial charge in [0.1, 0.15) is 5.82 Å². The lowest BCUT2D eigenvalue weighted by atomic mass is 9.98. The van der Waals surface area contributed by atoms with Gasteiger partial charge in [0.05, 0.1) is 13.1 Å². The number of nitrogens with zero attached hydrogens (tertiary/aromatic N) is 6. The Morgan fingerprint density at radius 3 is 2.59 bits per heavy atom. The highest BCUT2D eigenvalue weighted by Crippen LogP contribution is 2.29. The van der Waals surface area contributed by atoms with Gasteiger partial charge in [-0.15, -0.1) is 22.5 Å². The van der Waals surface area contributed by atoms with Crippen LogP contribution in [0.25, 0.3) is 22.5 Å². The number of rotatable bonds is 8. The monoisotopic (exact) mass is 425 g/mol. The van der Waals surface area contributed by atoms with Gasteiger partial charge in [-0.2, -0.15) is 10.3 Å². The van der Waals surface area contributed by atoms with Crippen molar-refractivity contribution in [2.75, 3.05) is 0 Å². The van der Waals surface area contributed by atoms with Gasteiger partial charge in [-0.05, 0) is 28.8 Å². The molecule has 0 aliphatic rings. The third-order valence-corrected chi connectivity index (χ3v) is 5.13. The van der Waals surface area contributed by atoms with Crippen LogP contribution in [0.5, 0.6) is 0 Å². The molecule has 2 heterocycles. The van der Waals surface area contributed by atoms with E-state index in [1.807, 2.05) is 67.6 Å². The van der Waals surface area contributed by atoms with Gasteiger partial charge in [0.15, 0.2) is 0 Å². The minimum Gasteiger partial charge on any atom is -0.274 e. The van der Waals surface area contributed by atoms with E-state index in [-0.39, 0.29) is 5.69 Å². The van der Waals surface area contributed by atoms with Gasteiger partial charge in [0.25, 0.3) is 0 Å². The van der Waals surface area contributed by atoms with Crippen LogP contribution in [0.1, 0.15) is 24.7 Å². The van der Waals surface area contributed by atoms with Crippen LogP contribution in [0, 0.1) is 12.3 Å². The Hall–Kier alpha value is -4.25. The zero-order chi connectivity index (χ0) is 22.3. The van der Waals surface area contributed by atoms with E-state index in [4.69, 9.17) is 6.42 Å². The first-order valence-corrected chi connectivity index (χ1v) is 10.3. The number of aromatic amines is 1. The first-order chi connectivity index (χ1) is 15.7. The highest BCUT2D eigenvalue weighted by molar-refractivity contribution is 5.80. The number of benzene rings is 2. The summed E-state index contributed by atoms with van der Waals surface area (Å²) in [6.07, 6.45) is 10.3. The molecule has 0 amide bonds. The van der Waals surface area contributed by atoms with Crippen LogP contribution >= 0.6 is 0 Å². The zero-order valence-corrected chi connectivity index (χ0v) is 17.8. The smallest absolute Gasteiger partial charge is 0.274 e. The van der Waals surface area contributed by atoms with Crippen molar-refractivity contribution in [3.05, 3.63) is 82.6 Å². The SMILES string of the molecule is C#CCCc1nn(C/C=C/C)c(=O)n1Cc1ccc(-c2ccccc2-c2nn[nH]n2)cc1. The number of aryl methyl sites for hydroxylation is 1. The van der Waals surface area contributed by atoms with E-state index in [0.29, 0.717) is 37.6 Å². The predicted molar refractivity (Wildman–Crippen MR) is 123 cm³/mol. The highest BCUT2D eigenvalue weighted by Gasteiger charge is 2.14. The first-order valence-electron chi connectivity index (χ1n) is 10.3. The van der Waals surface area contributed by atoms with Crippen LogP contribution in [-0.2, 0) is 19.5 Å². The molecule has 0 radical (unpaired) electrons. The van der Waals surface area contributed by atoms with Crippen molar-refractivity contribution in [2.24, 2.45) is 0 Å². The van der Waals surface area contributed by atoms with Crippen LogP contribution in [0.2, 0.25) is 0 Å². The van der Waals surface area contributed by atoms with E-state index in [9.17, 15) is 4.79 Å². The van der Waals surface area contributed by atoms with Gasteiger partial charge in [-0.25, -0.2) is 9.48 Å². The Bertz CT molecular complexity index is 1310. The van der Waals surface area contributed by atoms with Gasteiger partial charge in [-0.1, -0.05) is 60.7 Å². The molecule has 4 aromatic rings. The van der Waals surface area contributed by atoms with Crippen molar-refractivity contribution in [3.63, 3.8) is 0 Å². The fourth-order valence-corrected chi connectivity index (χ4v) is 3.52. The molecule has 4 rings (SSSR count). The van der Waals surface area contributed by atoms with Crippen molar-refractivity contribution >= 4 is 0 Å². The van der Waals surface area contributed by atoms with Crippen LogP contribution in [0.3, 0.4) is 0 Å². The largest absolute Gasteiger partial charge is 0.346 e. The molecule has 160 valence electrons. The summed E-state index contributed by atoms with van der Waals surface area (Å²) in [7, 11) is 0. The second-order valence-electron chi connectivity index (χ2n) is 7.22. The molecule has 1 N–H and O–H groups in total. The van der Waals surface area contributed by atoms with Crippen LogP contribution in [-0.4, -0.2) is 35.0 Å². The summed E-state index contributed by atoms with van der Waals surface area (Å²) < 4.78 is 3.17. The van der Waals surface area contributed by atoms with Crippen molar-refractivity contribution in [2.45, 2.75) is 32.9 Å². The Kier molecular flexibility index (Phi) is 6.37. The number of hydrogen-bond acceptors (Lipinski definition) is 5. The number of terminal acetylenes is 1. The Morgan fingerprint density at radius 1 is 1.12 bits per heavy atom. The van der Waals surface area contributed by atoms with E-state index in [1.165, 1.54) is 4.68 Å². The van der Waals surface area contributed by atoms with Crippen LogP contribution in [0.4, 0.5) is 0 Å². The molecule has 0 atom stereocenters. The highest BCUT2D eigenvalue weighted by atomic mass is 16.2. The molecule has 0 bridgehead atoms. The van der Waals surface area contributed by atoms with Gasteiger partial charge < -0.3 is 0 Å². The molecule has 2 aromatic heterocycles. The maximum absolute atomic E-state index is 12.9. The fraction of sp³-hybridized carbons (Fsp3) is 0.208. The van der Waals surface area contributed by atoms with E-state index in [0.717, 1.165) is 22.3 Å². The number of H-pyrrole nitrogens is 1. The van der Waals surface area contributed by atoms with Gasteiger partial charge in [0.2, 0.25) is 5.82 Å². The zero-order valence-electron chi connectivity index (χ0n) is 17.8. The van der Waals surface area contributed by atoms with Crippen molar-refractivity contribution < 1.29 is 0 Å². The minimum atomic E-state index is -0.137. The van der Waals surface area contributed by atoms with Crippen LogP contribution < -0.4 is 5.69 Å². The number of allylic oxidation sites excluding steroid dienone is 2. The van der Waals surface area contributed by atoms with Crippen molar-refractivity contribution in [1.29, 1.82) is 0 Å². The van der Waals surface area contributed by atoms with E-state index in [2.05, 4.69) is 31.6 Å². The Morgan fingerprint density at radius 2 is 1.91 bits per heavy atom. The van der Waals surface area contributed by atoms with E-state index < -0.39 is 0 Å². The quantitative estimate of drug-likeness (QED) is 0.346. The Balaban J connectivity index is 1.62. The third kappa shape index (κ3) is 4.42. The number of hydrogen-bond donors (Lipinski definition) is 1.